The zero-order valence-corrected chi connectivity index (χ0v) is 9.74. The standard InChI is InChI=1S/C9H8F3N5S/c10-9(11,12)7-14-15-8-17(7)16-6(18-8)4-1-2-5(13)3-4/h1-2,4-5H,3,13H2. The first-order valence-corrected chi connectivity index (χ1v) is 6.00. The van der Waals surface area contributed by atoms with Crippen LogP contribution in [0.15, 0.2) is 12.2 Å². The van der Waals surface area contributed by atoms with E-state index in [-0.39, 0.29) is 16.9 Å². The molecule has 9 heteroatoms. The predicted octanol–water partition coefficient (Wildman–Crippen LogP) is 1.58. The minimum absolute atomic E-state index is 0.0345. The number of hydrogen-bond acceptors (Lipinski definition) is 5. The first-order chi connectivity index (χ1) is 8.45. The topological polar surface area (TPSA) is 69.1 Å². The quantitative estimate of drug-likeness (QED) is 0.802. The van der Waals surface area contributed by atoms with Crippen molar-refractivity contribution in [2.24, 2.45) is 5.73 Å². The van der Waals surface area contributed by atoms with Crippen molar-refractivity contribution in [2.75, 3.05) is 0 Å². The van der Waals surface area contributed by atoms with Crippen molar-refractivity contribution in [3.05, 3.63) is 23.0 Å². The van der Waals surface area contributed by atoms with Crippen molar-refractivity contribution in [3.63, 3.8) is 0 Å². The Morgan fingerprint density at radius 2 is 2.11 bits per heavy atom. The van der Waals surface area contributed by atoms with Crippen LogP contribution in [0.4, 0.5) is 13.2 Å². The zero-order chi connectivity index (χ0) is 12.9. The Morgan fingerprint density at radius 3 is 2.72 bits per heavy atom. The number of fused-ring (bicyclic) bond motifs is 1. The Balaban J connectivity index is 2.02. The van der Waals surface area contributed by atoms with Crippen molar-refractivity contribution in [1.82, 2.24) is 19.8 Å². The van der Waals surface area contributed by atoms with Crippen molar-refractivity contribution in [1.29, 1.82) is 0 Å². The van der Waals surface area contributed by atoms with Gasteiger partial charge in [-0.3, -0.25) is 0 Å². The SMILES string of the molecule is NC1C=CC(c2nn3c(C(F)(F)F)nnc3s2)C1. The second-order valence-corrected chi connectivity index (χ2v) is 5.03. The molecule has 2 aromatic heterocycles. The molecule has 2 aromatic rings. The normalized spacial score (nSPS) is 24.2. The molecule has 2 unspecified atom stereocenters. The third kappa shape index (κ3) is 1.79. The summed E-state index contributed by atoms with van der Waals surface area (Å²) in [6.45, 7) is 0. The summed E-state index contributed by atoms with van der Waals surface area (Å²) in [5.74, 6) is -1.13. The maximum absolute atomic E-state index is 12.6. The van der Waals surface area contributed by atoms with Gasteiger partial charge in [0.15, 0.2) is 0 Å². The molecule has 96 valence electrons. The molecule has 5 nitrogen and oxygen atoms in total. The first-order valence-electron chi connectivity index (χ1n) is 5.18. The molecule has 0 aromatic carbocycles. The lowest BCUT2D eigenvalue weighted by Gasteiger charge is -2.04. The number of nitrogens with zero attached hydrogens (tertiary/aromatic N) is 4. The molecule has 3 rings (SSSR count). The van der Waals surface area contributed by atoms with Gasteiger partial charge in [-0.1, -0.05) is 23.5 Å². The molecule has 2 heterocycles. The highest BCUT2D eigenvalue weighted by Gasteiger charge is 2.38. The fraction of sp³-hybridized carbons (Fsp3) is 0.444. The largest absolute Gasteiger partial charge is 0.453 e. The average Bonchev–Trinajstić information content (AvgIpc) is 2.87. The lowest BCUT2D eigenvalue weighted by Crippen LogP contribution is -2.14. The molecule has 1 aliphatic rings. The van der Waals surface area contributed by atoms with E-state index in [4.69, 9.17) is 5.73 Å². The van der Waals surface area contributed by atoms with Gasteiger partial charge >= 0.3 is 6.18 Å². The number of allylic oxidation sites excluding steroid dienone is 1. The molecule has 0 saturated carbocycles. The van der Waals surface area contributed by atoms with E-state index in [0.29, 0.717) is 11.4 Å². The van der Waals surface area contributed by atoms with E-state index in [1.165, 1.54) is 0 Å². The molecule has 2 N–H and O–H groups in total. The molecule has 2 atom stereocenters. The minimum Gasteiger partial charge on any atom is -0.324 e. The van der Waals surface area contributed by atoms with Gasteiger partial charge in [-0.25, -0.2) is 0 Å². The van der Waals surface area contributed by atoms with Crippen molar-refractivity contribution >= 4 is 16.3 Å². The molecule has 0 spiro atoms. The van der Waals surface area contributed by atoms with E-state index in [1.807, 2.05) is 12.2 Å². The number of alkyl halides is 3. The molecule has 0 aliphatic heterocycles. The zero-order valence-electron chi connectivity index (χ0n) is 8.92. The highest BCUT2D eigenvalue weighted by Crippen LogP contribution is 2.33. The predicted molar refractivity (Wildman–Crippen MR) is 58.1 cm³/mol. The van der Waals surface area contributed by atoms with Gasteiger partial charge in [0.25, 0.3) is 5.82 Å². The van der Waals surface area contributed by atoms with E-state index in [9.17, 15) is 13.2 Å². The summed E-state index contributed by atoms with van der Waals surface area (Å²) >= 11 is 1.10. The van der Waals surface area contributed by atoms with E-state index >= 15 is 0 Å². The second kappa shape index (κ2) is 3.75. The van der Waals surface area contributed by atoms with Gasteiger partial charge < -0.3 is 5.73 Å². The number of nitrogens with two attached hydrogens (primary N) is 1. The lowest BCUT2D eigenvalue weighted by molar-refractivity contribution is -0.146. The van der Waals surface area contributed by atoms with Gasteiger partial charge in [-0.05, 0) is 6.42 Å². The summed E-state index contributed by atoms with van der Waals surface area (Å²) in [6.07, 6.45) is -0.195. The number of hydrogen-bond donors (Lipinski definition) is 1. The molecule has 0 saturated heterocycles. The van der Waals surface area contributed by atoms with Crippen LogP contribution in [0, 0.1) is 0 Å². The molecule has 1 aliphatic carbocycles. The Bertz CT molecular complexity index is 613. The van der Waals surface area contributed by atoms with Gasteiger partial charge in [0, 0.05) is 12.0 Å². The van der Waals surface area contributed by atoms with E-state index < -0.39 is 12.0 Å². The summed E-state index contributed by atoms with van der Waals surface area (Å²) in [6, 6.07) is -0.0635. The lowest BCUT2D eigenvalue weighted by atomic mass is 10.1. The van der Waals surface area contributed by atoms with Gasteiger partial charge in [-0.2, -0.15) is 22.8 Å². The molecule has 0 fully saturated rings. The van der Waals surface area contributed by atoms with Crippen LogP contribution in [-0.2, 0) is 6.18 Å². The molecular weight excluding hydrogens is 267 g/mol. The van der Waals surface area contributed by atoms with Crippen LogP contribution in [0.3, 0.4) is 0 Å². The summed E-state index contributed by atoms with van der Waals surface area (Å²) in [5.41, 5.74) is 5.71. The second-order valence-electron chi connectivity index (χ2n) is 4.05. The Kier molecular flexibility index (Phi) is 2.42. The number of aromatic nitrogens is 4. The van der Waals surface area contributed by atoms with Crippen LogP contribution >= 0.6 is 11.3 Å². The summed E-state index contributed by atoms with van der Waals surface area (Å²) in [4.78, 5) is 0.145. The fourth-order valence-corrected chi connectivity index (χ4v) is 2.80. The molecule has 18 heavy (non-hydrogen) atoms. The molecule has 0 radical (unpaired) electrons. The van der Waals surface area contributed by atoms with Gasteiger partial charge in [0.1, 0.15) is 5.01 Å². The highest BCUT2D eigenvalue weighted by atomic mass is 32.1. The van der Waals surface area contributed by atoms with Crippen LogP contribution in [0.25, 0.3) is 4.96 Å². The Morgan fingerprint density at radius 1 is 1.33 bits per heavy atom. The van der Waals surface area contributed by atoms with Gasteiger partial charge in [0.05, 0.1) is 0 Å². The summed E-state index contributed by atoms with van der Waals surface area (Å²) in [7, 11) is 0. The van der Waals surface area contributed by atoms with Crippen LogP contribution in [0.1, 0.15) is 23.2 Å². The van der Waals surface area contributed by atoms with Gasteiger partial charge in [0.2, 0.25) is 4.96 Å². The third-order valence-corrected chi connectivity index (χ3v) is 3.72. The molecular formula is C9H8F3N5S. The first kappa shape index (κ1) is 11.6. The van der Waals surface area contributed by atoms with Gasteiger partial charge in [-0.15, -0.1) is 10.2 Å². The summed E-state index contributed by atoms with van der Waals surface area (Å²) < 4.78 is 38.6. The third-order valence-electron chi connectivity index (χ3n) is 2.69. The van der Waals surface area contributed by atoms with E-state index in [2.05, 4.69) is 15.3 Å². The monoisotopic (exact) mass is 275 g/mol. The van der Waals surface area contributed by atoms with Crippen molar-refractivity contribution in [2.45, 2.75) is 24.6 Å². The Hall–Kier alpha value is -1.48. The Labute approximate surface area is 103 Å². The van der Waals surface area contributed by atoms with Crippen molar-refractivity contribution in [3.8, 4) is 0 Å². The van der Waals surface area contributed by atoms with Crippen LogP contribution in [-0.4, -0.2) is 25.9 Å². The van der Waals surface area contributed by atoms with Crippen LogP contribution < -0.4 is 5.73 Å². The minimum atomic E-state index is -4.55. The van der Waals surface area contributed by atoms with E-state index in [1.54, 1.807) is 0 Å². The average molecular weight is 275 g/mol. The van der Waals surface area contributed by atoms with Crippen LogP contribution in [0.5, 0.6) is 0 Å². The summed E-state index contributed by atoms with van der Waals surface area (Å²) in [5, 5.41) is 11.1. The van der Waals surface area contributed by atoms with E-state index in [0.717, 1.165) is 15.9 Å². The smallest absolute Gasteiger partial charge is 0.324 e. The number of halogens is 3. The number of rotatable bonds is 1. The van der Waals surface area contributed by atoms with Crippen LogP contribution in [0.2, 0.25) is 0 Å². The fourth-order valence-electron chi connectivity index (χ4n) is 1.87. The molecule has 0 bridgehead atoms. The molecule has 0 amide bonds. The van der Waals surface area contributed by atoms with Crippen molar-refractivity contribution < 1.29 is 13.2 Å². The maximum Gasteiger partial charge on any atom is 0.453 e. The highest BCUT2D eigenvalue weighted by molar-refractivity contribution is 7.16. The maximum atomic E-state index is 12.6.